The molecular formula is C16H17NO4S. The van der Waals surface area contributed by atoms with Gasteiger partial charge in [0.2, 0.25) is 0 Å². The third kappa shape index (κ3) is 2.82. The van der Waals surface area contributed by atoms with Crippen molar-refractivity contribution in [3.63, 3.8) is 0 Å². The highest BCUT2D eigenvalue weighted by Crippen LogP contribution is 2.26. The van der Waals surface area contributed by atoms with Crippen LogP contribution in [0.1, 0.15) is 15.9 Å². The Hall–Kier alpha value is -2.34. The third-order valence-electron chi connectivity index (χ3n) is 3.38. The first kappa shape index (κ1) is 16.0. The maximum atomic E-state index is 12.8. The number of rotatable bonds is 4. The van der Waals surface area contributed by atoms with E-state index in [1.807, 2.05) is 0 Å². The number of anilines is 1. The smallest absolute Gasteiger partial charge is 0.339 e. The maximum Gasteiger partial charge on any atom is 0.339 e. The second-order valence-electron chi connectivity index (χ2n) is 4.75. The predicted molar refractivity (Wildman–Crippen MR) is 84.5 cm³/mol. The lowest BCUT2D eigenvalue weighted by Crippen LogP contribution is -2.28. The van der Waals surface area contributed by atoms with Crippen LogP contribution in [-0.4, -0.2) is 28.5 Å². The highest BCUT2D eigenvalue weighted by Gasteiger charge is 2.28. The van der Waals surface area contributed by atoms with Crippen LogP contribution in [0.15, 0.2) is 53.4 Å². The Morgan fingerprint density at radius 1 is 1.05 bits per heavy atom. The molecule has 0 heterocycles. The molecule has 0 N–H and O–H groups in total. The van der Waals surface area contributed by atoms with Crippen LogP contribution >= 0.6 is 0 Å². The minimum Gasteiger partial charge on any atom is -0.465 e. The van der Waals surface area contributed by atoms with Crippen molar-refractivity contribution in [3.8, 4) is 0 Å². The van der Waals surface area contributed by atoms with Gasteiger partial charge in [-0.05, 0) is 30.7 Å². The van der Waals surface area contributed by atoms with Gasteiger partial charge in [-0.25, -0.2) is 13.2 Å². The van der Waals surface area contributed by atoms with E-state index in [4.69, 9.17) is 4.74 Å². The summed E-state index contributed by atoms with van der Waals surface area (Å²) in [5.74, 6) is -0.668. The number of carbonyl (C=O) groups is 1. The summed E-state index contributed by atoms with van der Waals surface area (Å²) in [6.07, 6.45) is 0. The van der Waals surface area contributed by atoms with E-state index in [9.17, 15) is 13.2 Å². The molecule has 116 valence electrons. The lowest BCUT2D eigenvalue weighted by atomic mass is 10.1. The fourth-order valence-electron chi connectivity index (χ4n) is 2.14. The fraction of sp³-hybridized carbons (Fsp3) is 0.188. The summed E-state index contributed by atoms with van der Waals surface area (Å²) in [7, 11) is -1.19. The molecule has 0 saturated heterocycles. The zero-order valence-electron chi connectivity index (χ0n) is 12.6. The van der Waals surface area contributed by atoms with E-state index in [1.54, 1.807) is 49.4 Å². The number of nitrogens with zero attached hydrogens (tertiary/aromatic N) is 1. The maximum absolute atomic E-state index is 12.8. The topological polar surface area (TPSA) is 63.7 Å². The predicted octanol–water partition coefficient (Wildman–Crippen LogP) is 2.61. The number of benzene rings is 2. The van der Waals surface area contributed by atoms with Gasteiger partial charge in [0.25, 0.3) is 10.0 Å². The molecule has 0 unspecified atom stereocenters. The number of para-hydroxylation sites is 1. The summed E-state index contributed by atoms with van der Waals surface area (Å²) < 4.78 is 31.6. The van der Waals surface area contributed by atoms with E-state index in [0.717, 1.165) is 4.31 Å². The van der Waals surface area contributed by atoms with Gasteiger partial charge in [-0.15, -0.1) is 0 Å². The fourth-order valence-corrected chi connectivity index (χ4v) is 3.59. The molecule has 22 heavy (non-hydrogen) atoms. The number of ether oxygens (including phenoxy) is 1. The van der Waals surface area contributed by atoms with Gasteiger partial charge in [-0.3, -0.25) is 4.31 Å². The molecule has 0 bridgehead atoms. The molecule has 2 aromatic rings. The van der Waals surface area contributed by atoms with Crippen LogP contribution in [0.4, 0.5) is 5.69 Å². The monoisotopic (exact) mass is 319 g/mol. The average Bonchev–Trinajstić information content (AvgIpc) is 2.54. The first-order chi connectivity index (χ1) is 10.4. The lowest BCUT2D eigenvalue weighted by molar-refractivity contribution is 0.0595. The first-order valence-corrected chi connectivity index (χ1v) is 8.05. The molecule has 0 aliphatic carbocycles. The van der Waals surface area contributed by atoms with Crippen LogP contribution in [0.3, 0.4) is 0 Å². The van der Waals surface area contributed by atoms with E-state index in [-0.39, 0.29) is 10.5 Å². The Kier molecular flexibility index (Phi) is 4.51. The molecule has 2 rings (SSSR count). The second-order valence-corrected chi connectivity index (χ2v) is 6.69. The molecular weight excluding hydrogens is 302 g/mol. The molecule has 2 aromatic carbocycles. The molecule has 0 aliphatic heterocycles. The van der Waals surface area contributed by atoms with Gasteiger partial charge in [0.1, 0.15) is 4.90 Å². The highest BCUT2D eigenvalue weighted by atomic mass is 32.2. The van der Waals surface area contributed by atoms with Crippen molar-refractivity contribution in [1.29, 1.82) is 0 Å². The van der Waals surface area contributed by atoms with Gasteiger partial charge in [-0.1, -0.05) is 30.3 Å². The van der Waals surface area contributed by atoms with Gasteiger partial charge in [0, 0.05) is 7.05 Å². The number of aryl methyl sites for hydroxylation is 1. The van der Waals surface area contributed by atoms with Crippen LogP contribution in [0.2, 0.25) is 0 Å². The number of hydrogen-bond acceptors (Lipinski definition) is 4. The third-order valence-corrected chi connectivity index (χ3v) is 5.21. The summed E-state index contributed by atoms with van der Waals surface area (Å²) in [4.78, 5) is 11.9. The van der Waals surface area contributed by atoms with E-state index < -0.39 is 16.0 Å². The minimum absolute atomic E-state index is 0.0628. The van der Waals surface area contributed by atoms with E-state index >= 15 is 0 Å². The average molecular weight is 319 g/mol. The molecule has 5 nitrogen and oxygen atoms in total. The van der Waals surface area contributed by atoms with Crippen LogP contribution in [0, 0.1) is 6.92 Å². The quantitative estimate of drug-likeness (QED) is 0.813. The van der Waals surface area contributed by atoms with Crippen molar-refractivity contribution in [2.45, 2.75) is 11.8 Å². The van der Waals surface area contributed by atoms with Crippen LogP contribution < -0.4 is 4.31 Å². The lowest BCUT2D eigenvalue weighted by Gasteiger charge is -2.21. The van der Waals surface area contributed by atoms with Crippen molar-refractivity contribution < 1.29 is 17.9 Å². The van der Waals surface area contributed by atoms with E-state index in [1.165, 1.54) is 20.2 Å². The molecule has 0 radical (unpaired) electrons. The first-order valence-electron chi connectivity index (χ1n) is 6.61. The van der Waals surface area contributed by atoms with Crippen molar-refractivity contribution in [2.24, 2.45) is 0 Å². The molecule has 0 fully saturated rings. The normalized spacial score (nSPS) is 11.0. The van der Waals surface area contributed by atoms with Crippen molar-refractivity contribution in [3.05, 3.63) is 59.7 Å². The Bertz CT molecular complexity index is 785. The minimum atomic E-state index is -3.87. The molecule has 0 aromatic heterocycles. The second kappa shape index (κ2) is 6.19. The Labute approximate surface area is 130 Å². The summed E-state index contributed by atoms with van der Waals surface area (Å²) >= 11 is 0. The van der Waals surface area contributed by atoms with E-state index in [0.29, 0.717) is 11.3 Å². The van der Waals surface area contributed by atoms with Crippen molar-refractivity contribution >= 4 is 21.7 Å². The number of methoxy groups -OCH3 is 1. The summed E-state index contributed by atoms with van der Waals surface area (Å²) in [5, 5.41) is 0. The van der Waals surface area contributed by atoms with Crippen LogP contribution in [0.5, 0.6) is 0 Å². The van der Waals surface area contributed by atoms with Gasteiger partial charge >= 0.3 is 5.97 Å². The van der Waals surface area contributed by atoms with Gasteiger partial charge < -0.3 is 4.74 Å². The standard InChI is InChI=1S/C16H17NO4S/c1-12-8-7-11-14(15(12)16(18)21-3)22(19,20)17(2)13-9-5-4-6-10-13/h4-11H,1-3H3. The van der Waals surface area contributed by atoms with Gasteiger partial charge in [-0.2, -0.15) is 0 Å². The molecule has 0 spiro atoms. The van der Waals surface area contributed by atoms with Crippen LogP contribution in [0.25, 0.3) is 0 Å². The zero-order valence-corrected chi connectivity index (χ0v) is 13.4. The Morgan fingerprint density at radius 3 is 2.27 bits per heavy atom. The van der Waals surface area contributed by atoms with E-state index in [2.05, 4.69) is 0 Å². The molecule has 0 saturated carbocycles. The molecule has 0 amide bonds. The number of hydrogen-bond donors (Lipinski definition) is 0. The van der Waals surface area contributed by atoms with Gasteiger partial charge in [0.05, 0.1) is 18.4 Å². The number of esters is 1. The van der Waals surface area contributed by atoms with Crippen LogP contribution in [-0.2, 0) is 14.8 Å². The number of carbonyl (C=O) groups excluding carboxylic acids is 1. The summed E-state index contributed by atoms with van der Waals surface area (Å²) in [6, 6.07) is 13.4. The van der Waals surface area contributed by atoms with Crippen molar-refractivity contribution in [1.82, 2.24) is 0 Å². The Balaban J connectivity index is 2.60. The van der Waals surface area contributed by atoms with Crippen molar-refractivity contribution in [2.75, 3.05) is 18.5 Å². The molecule has 0 atom stereocenters. The highest BCUT2D eigenvalue weighted by molar-refractivity contribution is 7.92. The largest absolute Gasteiger partial charge is 0.465 e. The molecule has 6 heteroatoms. The summed E-state index contributed by atoms with van der Waals surface area (Å²) in [5.41, 5.74) is 1.13. The zero-order chi connectivity index (χ0) is 16.3. The molecule has 0 aliphatic rings. The summed E-state index contributed by atoms with van der Waals surface area (Å²) in [6.45, 7) is 1.67. The Morgan fingerprint density at radius 2 is 1.68 bits per heavy atom. The van der Waals surface area contributed by atoms with Gasteiger partial charge in [0.15, 0.2) is 0 Å². The number of sulfonamides is 1. The SMILES string of the molecule is COC(=O)c1c(C)cccc1S(=O)(=O)N(C)c1ccccc1.